The summed E-state index contributed by atoms with van der Waals surface area (Å²) in [6, 6.07) is 18.4. The summed E-state index contributed by atoms with van der Waals surface area (Å²) in [6.45, 7) is 2.12. The quantitative estimate of drug-likeness (QED) is 0.400. The first-order valence-electron chi connectivity index (χ1n) is 5.49. The summed E-state index contributed by atoms with van der Waals surface area (Å²) in [4.78, 5) is 0. The summed E-state index contributed by atoms with van der Waals surface area (Å²) < 4.78 is 1.90. The fourth-order valence-corrected chi connectivity index (χ4v) is 2.38. The maximum Gasteiger partial charge on any atom is 0.0371 e. The molecule has 2 aromatic carbocycles. The van der Waals surface area contributed by atoms with E-state index in [9.17, 15) is 0 Å². The van der Waals surface area contributed by atoms with Crippen LogP contribution in [0.25, 0.3) is 0 Å². The van der Waals surface area contributed by atoms with Crippen LogP contribution in [0, 0.1) is 6.92 Å². The summed E-state index contributed by atoms with van der Waals surface area (Å²) in [7, 11) is 0. The largest absolute Gasteiger partial charge is 0.411 e. The fraction of sp³-hybridized carbons (Fsp3) is 0.0714. The van der Waals surface area contributed by atoms with Gasteiger partial charge >= 0.3 is 65.9 Å². The Kier molecular flexibility index (Phi) is 7.39. The van der Waals surface area contributed by atoms with E-state index >= 15 is 0 Å². The van der Waals surface area contributed by atoms with Crippen molar-refractivity contribution in [2.75, 3.05) is 5.32 Å². The van der Waals surface area contributed by atoms with Gasteiger partial charge in [0.2, 0.25) is 0 Å². The molecule has 1 N–H and O–H groups in total. The van der Waals surface area contributed by atoms with Gasteiger partial charge in [-0.2, -0.15) is 0 Å². The van der Waals surface area contributed by atoms with Gasteiger partial charge in [-0.1, -0.05) is 22.5 Å². The molecule has 88 valence electrons. The van der Waals surface area contributed by atoms with Crippen LogP contribution in [0.3, 0.4) is 0 Å². The number of thiocarbonyl (C=S) groups is 1. The fourth-order valence-electron chi connectivity index (χ4n) is 1.23. The van der Waals surface area contributed by atoms with Gasteiger partial charge in [0.15, 0.2) is 0 Å². The molecular weight excluding hydrogens is 447 g/mol. The molecule has 0 radical (unpaired) electrons. The maximum atomic E-state index is 4.68. The summed E-state index contributed by atoms with van der Waals surface area (Å²) in [5.41, 5.74) is 2.31. The van der Waals surface area contributed by atoms with E-state index in [4.69, 9.17) is 0 Å². The number of anilines is 1. The third-order valence-corrected chi connectivity index (χ3v) is 4.18. The minimum Gasteiger partial charge on any atom is -0.411 e. The van der Waals surface area contributed by atoms with Gasteiger partial charge in [0.1, 0.15) is 0 Å². The van der Waals surface area contributed by atoms with E-state index in [0.29, 0.717) is 4.32 Å². The number of nitrogens with one attached hydrogen (secondary N) is 1. The number of rotatable bonds is 1. The Bertz CT molecular complexity index is 462. The van der Waals surface area contributed by atoms with Gasteiger partial charge in [0.25, 0.3) is 0 Å². The molecule has 0 bridgehead atoms. The minimum absolute atomic E-state index is 0.381. The average Bonchev–Trinajstić information content (AvgIpc) is 2.34. The Morgan fingerprint density at radius 1 is 1.06 bits per heavy atom. The molecule has 0 aliphatic rings. The van der Waals surface area contributed by atoms with Crippen LogP contribution in [0.15, 0.2) is 54.6 Å². The molecule has 2 rings (SSSR count). The van der Waals surface area contributed by atoms with Crippen molar-refractivity contribution in [3.8, 4) is 0 Å². The summed E-state index contributed by atoms with van der Waals surface area (Å²) >= 11 is 10.2. The topological polar surface area (TPSA) is 12.0 Å². The van der Waals surface area contributed by atoms with Gasteiger partial charge in [0.05, 0.1) is 0 Å². The molecule has 18 heavy (non-hydrogen) atoms. The van der Waals surface area contributed by atoms with Crippen molar-refractivity contribution in [3.05, 3.63) is 60.2 Å². The number of hydrogen-bond acceptors (Lipinski definition) is 2. The third-order valence-electron chi connectivity index (χ3n) is 2.14. The van der Waals surface area contributed by atoms with Gasteiger partial charge in [-0.15, -0.1) is 0 Å². The Labute approximate surface area is 135 Å². The Morgan fingerprint density at radius 3 is 2.06 bits per heavy atom. The molecule has 0 saturated carbocycles. The zero-order valence-electron chi connectivity index (χ0n) is 10.2. The molecule has 0 aromatic heterocycles. The second kappa shape index (κ2) is 8.56. The molecule has 0 aliphatic heterocycles. The second-order valence-electron chi connectivity index (χ2n) is 3.76. The monoisotopic (exact) mass is 461 g/mol. The van der Waals surface area contributed by atoms with E-state index in [-0.39, 0.29) is 0 Å². The Morgan fingerprint density at radius 2 is 1.61 bits per heavy atom. The zero-order chi connectivity index (χ0) is 13.4. The molecule has 0 saturated heterocycles. The standard InChI is InChI=1S/C7H7NS2.C7H7.Hg/c9-7(10)8-6-4-2-1-3-5-6;1-7-5-3-2-4-6-7;/h1-5H,(H2,8,9,10);3-6H,1H3;/q;;+1/p-1. The van der Waals surface area contributed by atoms with Gasteiger partial charge in [0, 0.05) is 5.69 Å². The molecule has 2 aromatic rings. The summed E-state index contributed by atoms with van der Waals surface area (Å²) in [5.74, 6) is 0. The van der Waals surface area contributed by atoms with Crippen molar-refractivity contribution in [1.29, 1.82) is 0 Å². The Balaban J connectivity index is 0.000000184. The van der Waals surface area contributed by atoms with E-state index in [1.54, 1.807) is 0 Å². The average molecular weight is 460 g/mol. The molecule has 0 unspecified atom stereocenters. The van der Waals surface area contributed by atoms with E-state index in [0.717, 1.165) is 31.8 Å². The van der Waals surface area contributed by atoms with Crippen LogP contribution < -0.4 is 8.39 Å². The predicted octanol–water partition coefficient (Wildman–Crippen LogP) is 3.10. The van der Waals surface area contributed by atoms with Gasteiger partial charge in [-0.05, 0) is 12.1 Å². The minimum atomic E-state index is 0.381. The van der Waals surface area contributed by atoms with Crippen molar-refractivity contribution >= 4 is 37.9 Å². The molecule has 0 spiro atoms. The third kappa shape index (κ3) is 7.04. The predicted molar refractivity (Wildman–Crippen MR) is 80.8 cm³/mol. The van der Waals surface area contributed by atoms with Crippen LogP contribution in [-0.2, 0) is 38.8 Å². The van der Waals surface area contributed by atoms with Crippen LogP contribution in [0.2, 0.25) is 0 Å². The summed E-state index contributed by atoms with van der Waals surface area (Å²) in [5, 5.41) is 2.85. The van der Waals surface area contributed by atoms with Crippen LogP contribution >= 0.6 is 12.2 Å². The van der Waals surface area contributed by atoms with Crippen LogP contribution in [0.5, 0.6) is 0 Å². The van der Waals surface area contributed by atoms with Crippen LogP contribution in [0.1, 0.15) is 5.56 Å². The normalized spacial score (nSPS) is 9.06. The van der Waals surface area contributed by atoms with Crippen molar-refractivity contribution < 1.29 is 26.1 Å². The van der Waals surface area contributed by atoms with Gasteiger partial charge in [-0.25, -0.2) is 0 Å². The second-order valence-corrected chi connectivity index (χ2v) is 8.01. The molecule has 0 amide bonds. The number of benzene rings is 2. The van der Waals surface area contributed by atoms with E-state index < -0.39 is 0 Å². The molecular formula is C14H13HgNS2. The molecule has 0 heterocycles. The first-order valence-corrected chi connectivity index (χ1v) is 9.06. The Hall–Kier alpha value is -0.515. The molecule has 4 heteroatoms. The summed E-state index contributed by atoms with van der Waals surface area (Å²) in [6.07, 6.45) is 0. The first-order chi connectivity index (χ1) is 8.58. The first kappa shape index (κ1) is 15.5. The van der Waals surface area contributed by atoms with Gasteiger partial charge in [-0.3, -0.25) is 0 Å². The van der Waals surface area contributed by atoms with Crippen molar-refractivity contribution in [3.63, 3.8) is 0 Å². The molecule has 0 atom stereocenters. The van der Waals surface area contributed by atoms with Crippen molar-refractivity contribution in [2.24, 2.45) is 0 Å². The van der Waals surface area contributed by atoms with Crippen LogP contribution in [-0.4, -0.2) is 4.32 Å². The van der Waals surface area contributed by atoms with Crippen molar-refractivity contribution in [2.45, 2.75) is 6.92 Å². The van der Waals surface area contributed by atoms with E-state index in [1.807, 2.05) is 30.3 Å². The number of hydrogen-bond donors (Lipinski definition) is 1. The van der Waals surface area contributed by atoms with E-state index in [2.05, 4.69) is 61.4 Å². The van der Waals surface area contributed by atoms with Gasteiger partial charge < -0.3 is 30.2 Å². The SMILES string of the molecule is Cc1cc[c]([Hg+])cc1.S=C([S-])Nc1ccccc1. The van der Waals surface area contributed by atoms with Crippen molar-refractivity contribution in [1.82, 2.24) is 0 Å². The number of aryl methyl sites for hydroxylation is 1. The smallest absolute Gasteiger partial charge is 0.0371 e. The van der Waals surface area contributed by atoms with E-state index in [1.165, 1.54) is 8.64 Å². The molecule has 1 nitrogen and oxygen atoms in total. The molecule has 0 fully saturated rings. The number of para-hydroxylation sites is 1. The maximum absolute atomic E-state index is 4.68. The zero-order valence-corrected chi connectivity index (χ0v) is 17.4. The van der Waals surface area contributed by atoms with Crippen LogP contribution in [0.4, 0.5) is 5.69 Å². The molecule has 0 aliphatic carbocycles.